The van der Waals surface area contributed by atoms with E-state index in [1.165, 1.54) is 0 Å². The Balaban J connectivity index is 1.94. The van der Waals surface area contributed by atoms with Gasteiger partial charge in [0.05, 0.1) is 5.92 Å². The number of nitrogens with zero attached hydrogens (tertiary/aromatic N) is 1. The Morgan fingerprint density at radius 3 is 2.57 bits per heavy atom. The van der Waals surface area contributed by atoms with Gasteiger partial charge in [-0.2, -0.15) is 0 Å². The van der Waals surface area contributed by atoms with Gasteiger partial charge in [-0.3, -0.25) is 9.59 Å². The van der Waals surface area contributed by atoms with E-state index in [1.807, 2.05) is 38.1 Å². The third-order valence-corrected chi connectivity index (χ3v) is 3.77. The van der Waals surface area contributed by atoms with E-state index in [4.69, 9.17) is 5.11 Å². The highest BCUT2D eigenvalue weighted by molar-refractivity contribution is 5.97. The molecule has 2 N–H and O–H groups in total. The molecule has 1 aromatic rings. The van der Waals surface area contributed by atoms with Crippen LogP contribution in [0.5, 0.6) is 0 Å². The first-order chi connectivity index (χ1) is 10.0. The molecule has 0 saturated carbocycles. The minimum absolute atomic E-state index is 0.0449. The molecule has 1 aliphatic rings. The molecular weight excluding hydrogens is 268 g/mol. The van der Waals surface area contributed by atoms with E-state index in [9.17, 15) is 9.59 Å². The lowest BCUT2D eigenvalue weighted by atomic mass is 10.1. The Morgan fingerprint density at radius 1 is 1.38 bits per heavy atom. The highest BCUT2D eigenvalue weighted by atomic mass is 16.3. The lowest BCUT2D eigenvalue weighted by Crippen LogP contribution is -2.33. The van der Waals surface area contributed by atoms with Gasteiger partial charge in [-0.15, -0.1) is 0 Å². The van der Waals surface area contributed by atoms with Crippen molar-refractivity contribution in [2.45, 2.75) is 32.7 Å². The van der Waals surface area contributed by atoms with Crippen LogP contribution >= 0.6 is 0 Å². The third kappa shape index (κ3) is 3.82. The minimum atomic E-state index is -0.281. The largest absolute Gasteiger partial charge is 0.396 e. The van der Waals surface area contributed by atoms with E-state index < -0.39 is 0 Å². The molecule has 0 radical (unpaired) electrons. The summed E-state index contributed by atoms with van der Waals surface area (Å²) in [6.45, 7) is 4.52. The van der Waals surface area contributed by atoms with Crippen molar-refractivity contribution in [1.29, 1.82) is 0 Å². The number of likely N-dealkylation sites (tertiary alicyclic amines) is 1. The monoisotopic (exact) mass is 290 g/mol. The average molecular weight is 290 g/mol. The van der Waals surface area contributed by atoms with E-state index in [2.05, 4.69) is 5.32 Å². The molecule has 0 aliphatic carbocycles. The first-order valence-corrected chi connectivity index (χ1v) is 7.31. The fourth-order valence-electron chi connectivity index (χ4n) is 2.53. The molecule has 1 unspecified atom stereocenters. The molecule has 2 amide bonds. The summed E-state index contributed by atoms with van der Waals surface area (Å²) in [5.41, 5.74) is 1.75. The standard InChI is InChI=1S/C16H22N2O3/c1-11(2)18-10-13(9-15(18)20)16(21)17-14-5-3-12(4-6-14)7-8-19/h3-6,11,13,19H,7-10H2,1-2H3,(H,17,21). The molecule has 1 fully saturated rings. The molecule has 2 rings (SSSR count). The summed E-state index contributed by atoms with van der Waals surface area (Å²) in [5, 5.41) is 11.7. The summed E-state index contributed by atoms with van der Waals surface area (Å²) >= 11 is 0. The Kier molecular flexibility index (Phi) is 4.96. The SMILES string of the molecule is CC(C)N1CC(C(=O)Nc2ccc(CCO)cc2)CC1=O. The Bertz CT molecular complexity index is 511. The second-order valence-corrected chi connectivity index (χ2v) is 5.70. The molecule has 5 nitrogen and oxygen atoms in total. The van der Waals surface area contributed by atoms with Gasteiger partial charge in [0.2, 0.25) is 11.8 Å². The van der Waals surface area contributed by atoms with Gasteiger partial charge in [0.15, 0.2) is 0 Å². The van der Waals surface area contributed by atoms with Gasteiger partial charge in [0.25, 0.3) is 0 Å². The molecule has 21 heavy (non-hydrogen) atoms. The summed E-state index contributed by atoms with van der Waals surface area (Å²) in [6.07, 6.45) is 0.890. The van der Waals surface area contributed by atoms with E-state index in [1.54, 1.807) is 4.90 Å². The number of aliphatic hydroxyl groups excluding tert-OH is 1. The van der Waals surface area contributed by atoms with Crippen LogP contribution in [0.15, 0.2) is 24.3 Å². The number of benzene rings is 1. The Labute approximate surface area is 125 Å². The van der Waals surface area contributed by atoms with Crippen molar-refractivity contribution in [2.24, 2.45) is 5.92 Å². The molecule has 1 heterocycles. The van der Waals surface area contributed by atoms with Gasteiger partial charge in [-0.25, -0.2) is 0 Å². The van der Waals surface area contributed by atoms with E-state index in [-0.39, 0.29) is 36.8 Å². The van der Waals surface area contributed by atoms with Crippen molar-refractivity contribution in [1.82, 2.24) is 4.90 Å². The van der Waals surface area contributed by atoms with Crippen LogP contribution in [0.25, 0.3) is 0 Å². The van der Waals surface area contributed by atoms with Crippen LogP contribution in [0.3, 0.4) is 0 Å². The van der Waals surface area contributed by atoms with E-state index in [0.717, 1.165) is 11.3 Å². The average Bonchev–Trinajstić information content (AvgIpc) is 2.84. The van der Waals surface area contributed by atoms with Gasteiger partial charge in [-0.1, -0.05) is 12.1 Å². The molecule has 0 bridgehead atoms. The number of carbonyl (C=O) groups is 2. The predicted octanol–water partition coefficient (Wildman–Crippen LogP) is 1.42. The number of aliphatic hydroxyl groups is 1. The van der Waals surface area contributed by atoms with Crippen molar-refractivity contribution in [2.75, 3.05) is 18.5 Å². The third-order valence-electron chi connectivity index (χ3n) is 3.77. The number of carbonyl (C=O) groups excluding carboxylic acids is 2. The maximum Gasteiger partial charge on any atom is 0.229 e. The highest BCUT2D eigenvalue weighted by Crippen LogP contribution is 2.22. The number of amides is 2. The van der Waals surface area contributed by atoms with Crippen molar-refractivity contribution < 1.29 is 14.7 Å². The lowest BCUT2D eigenvalue weighted by Gasteiger charge is -2.20. The zero-order valence-corrected chi connectivity index (χ0v) is 12.5. The number of anilines is 1. The Morgan fingerprint density at radius 2 is 2.05 bits per heavy atom. The van der Waals surface area contributed by atoms with Crippen molar-refractivity contribution in [3.8, 4) is 0 Å². The maximum atomic E-state index is 12.2. The molecule has 1 aromatic carbocycles. The van der Waals surface area contributed by atoms with Crippen LogP contribution in [-0.4, -0.2) is 41.0 Å². The number of rotatable bonds is 5. The predicted molar refractivity (Wildman–Crippen MR) is 80.8 cm³/mol. The van der Waals surface area contributed by atoms with Crippen LogP contribution in [-0.2, 0) is 16.0 Å². The number of hydrogen-bond donors (Lipinski definition) is 2. The van der Waals surface area contributed by atoms with Crippen molar-refractivity contribution in [3.63, 3.8) is 0 Å². The zero-order chi connectivity index (χ0) is 15.4. The van der Waals surface area contributed by atoms with Gasteiger partial charge in [0.1, 0.15) is 0 Å². The fraction of sp³-hybridized carbons (Fsp3) is 0.500. The summed E-state index contributed by atoms with van der Waals surface area (Å²) in [7, 11) is 0. The summed E-state index contributed by atoms with van der Waals surface area (Å²) in [6, 6.07) is 7.53. The minimum Gasteiger partial charge on any atom is -0.396 e. The second kappa shape index (κ2) is 6.72. The Hall–Kier alpha value is -1.88. The number of nitrogens with one attached hydrogen (secondary N) is 1. The zero-order valence-electron chi connectivity index (χ0n) is 12.5. The highest BCUT2D eigenvalue weighted by Gasteiger charge is 2.35. The van der Waals surface area contributed by atoms with E-state index in [0.29, 0.717) is 13.0 Å². The second-order valence-electron chi connectivity index (χ2n) is 5.70. The molecule has 1 saturated heterocycles. The summed E-state index contributed by atoms with van der Waals surface area (Å²) in [5.74, 6) is -0.345. The molecule has 114 valence electrons. The van der Waals surface area contributed by atoms with Gasteiger partial charge in [0, 0.05) is 31.3 Å². The fourth-order valence-corrected chi connectivity index (χ4v) is 2.53. The van der Waals surface area contributed by atoms with Crippen molar-refractivity contribution >= 4 is 17.5 Å². The van der Waals surface area contributed by atoms with Gasteiger partial charge in [-0.05, 0) is 38.0 Å². The van der Waals surface area contributed by atoms with Crippen molar-refractivity contribution in [3.05, 3.63) is 29.8 Å². The van der Waals surface area contributed by atoms with Crippen LogP contribution in [0.1, 0.15) is 25.8 Å². The molecular formula is C16H22N2O3. The normalized spacial score (nSPS) is 18.4. The van der Waals surface area contributed by atoms with Crippen LogP contribution in [0.4, 0.5) is 5.69 Å². The van der Waals surface area contributed by atoms with E-state index >= 15 is 0 Å². The van der Waals surface area contributed by atoms with Crippen LogP contribution in [0, 0.1) is 5.92 Å². The summed E-state index contributed by atoms with van der Waals surface area (Å²) in [4.78, 5) is 25.8. The molecule has 1 atom stereocenters. The molecule has 1 aliphatic heterocycles. The molecule has 0 spiro atoms. The number of hydrogen-bond acceptors (Lipinski definition) is 3. The first-order valence-electron chi connectivity index (χ1n) is 7.31. The lowest BCUT2D eigenvalue weighted by molar-refractivity contribution is -0.129. The quantitative estimate of drug-likeness (QED) is 0.861. The molecule has 5 heteroatoms. The first kappa shape index (κ1) is 15.5. The summed E-state index contributed by atoms with van der Waals surface area (Å²) < 4.78 is 0. The molecule has 0 aromatic heterocycles. The van der Waals surface area contributed by atoms with Gasteiger partial charge < -0.3 is 15.3 Å². The maximum absolute atomic E-state index is 12.2. The van der Waals surface area contributed by atoms with Crippen LogP contribution in [0.2, 0.25) is 0 Å². The van der Waals surface area contributed by atoms with Gasteiger partial charge >= 0.3 is 0 Å². The topological polar surface area (TPSA) is 69.6 Å². The smallest absolute Gasteiger partial charge is 0.229 e. The van der Waals surface area contributed by atoms with Crippen LogP contribution < -0.4 is 5.32 Å².